The number of carbonyl (C=O) groups is 1. The second-order valence-electron chi connectivity index (χ2n) is 10.1. The molecule has 186 valence electrons. The summed E-state index contributed by atoms with van der Waals surface area (Å²) in [5.41, 5.74) is 0.737. The van der Waals surface area contributed by atoms with E-state index in [1.165, 1.54) is 0 Å². The number of hydrogen-bond donors (Lipinski definition) is 3. The number of aromatic nitrogens is 1. The number of rotatable bonds is 2. The van der Waals surface area contributed by atoms with E-state index in [4.69, 9.17) is 4.74 Å². The molecule has 2 heterocycles. The summed E-state index contributed by atoms with van der Waals surface area (Å²) in [6, 6.07) is 0. The number of aliphatic hydroxyl groups excluding tert-OH is 3. The molecule has 6 atom stereocenters. The summed E-state index contributed by atoms with van der Waals surface area (Å²) in [7, 11) is 0. The molecule has 0 saturated carbocycles. The van der Waals surface area contributed by atoms with E-state index in [9.17, 15) is 20.1 Å². The van der Waals surface area contributed by atoms with Crippen LogP contribution in [0, 0.1) is 24.2 Å². The topological polar surface area (TPSA) is 99.9 Å². The highest BCUT2D eigenvalue weighted by molar-refractivity contribution is 7.09. The Hall–Kier alpha value is -1.54. The third-order valence-corrected chi connectivity index (χ3v) is 7.73. The summed E-state index contributed by atoms with van der Waals surface area (Å²) in [5.74, 6) is -0.936. The molecule has 0 saturated heterocycles. The zero-order valence-corrected chi connectivity index (χ0v) is 21.6. The number of carbonyl (C=O) groups excluding carboxylic acids is 1. The molecule has 6 nitrogen and oxygen atoms in total. The molecule has 0 spiro atoms. The number of nitrogens with zero attached hydrogens (tertiary/aromatic N) is 1. The average molecular weight is 480 g/mol. The van der Waals surface area contributed by atoms with Crippen LogP contribution >= 0.6 is 11.3 Å². The Bertz CT molecular complexity index is 830. The second kappa shape index (κ2) is 12.2. The molecule has 3 N–H and O–H groups in total. The minimum atomic E-state index is -1.11. The molecule has 0 fully saturated rings. The number of aryl methyl sites for hydroxylation is 1. The zero-order valence-electron chi connectivity index (χ0n) is 20.8. The standard InChI is InChI=1S/C26H41NO5S/c1-16-11-9-7-8-10-12-21(17(2)13-20-15-33-19(4)27-20)32-23(29)14-22(28)26(5,6)25(31)18(3)24(16)30/h8,10,13,15-16,18,21-22,24-25,28,30-31H,7,9,11-12,14H2,1-6H3/b10-8-,17-13+/t16-,18+,21-,22-,24-,25+/m0/s1. The van der Waals surface area contributed by atoms with Gasteiger partial charge in [-0.3, -0.25) is 4.79 Å². The normalized spacial score (nSPS) is 34.0. The van der Waals surface area contributed by atoms with Crippen molar-refractivity contribution >= 4 is 23.4 Å². The summed E-state index contributed by atoms with van der Waals surface area (Å²) in [6.07, 6.45) is 5.74. The number of cyclic esters (lactones) is 1. The third kappa shape index (κ3) is 7.74. The quantitative estimate of drug-likeness (QED) is 0.421. The van der Waals surface area contributed by atoms with Gasteiger partial charge < -0.3 is 20.1 Å². The first-order chi connectivity index (χ1) is 15.4. The van der Waals surface area contributed by atoms with E-state index in [0.717, 1.165) is 35.5 Å². The molecule has 0 aromatic carbocycles. The summed E-state index contributed by atoms with van der Waals surface area (Å²) in [5, 5.41) is 35.5. The van der Waals surface area contributed by atoms with E-state index < -0.39 is 41.7 Å². The Morgan fingerprint density at radius 2 is 1.94 bits per heavy atom. The van der Waals surface area contributed by atoms with Crippen molar-refractivity contribution in [3.63, 3.8) is 0 Å². The first-order valence-corrected chi connectivity index (χ1v) is 12.8. The lowest BCUT2D eigenvalue weighted by Crippen LogP contribution is -2.48. The molecule has 1 aromatic rings. The fourth-order valence-corrected chi connectivity index (χ4v) is 4.94. The van der Waals surface area contributed by atoms with E-state index in [0.29, 0.717) is 6.42 Å². The number of hydrogen-bond acceptors (Lipinski definition) is 7. The van der Waals surface area contributed by atoms with E-state index in [1.807, 2.05) is 38.3 Å². The van der Waals surface area contributed by atoms with Crippen molar-refractivity contribution in [1.82, 2.24) is 4.98 Å². The van der Waals surface area contributed by atoms with Gasteiger partial charge in [0.25, 0.3) is 0 Å². The monoisotopic (exact) mass is 479 g/mol. The van der Waals surface area contributed by atoms with Crippen molar-refractivity contribution in [3.05, 3.63) is 33.8 Å². The largest absolute Gasteiger partial charge is 0.457 e. The molecule has 0 unspecified atom stereocenters. The minimum absolute atomic E-state index is 0.0216. The number of esters is 1. The lowest BCUT2D eigenvalue weighted by Gasteiger charge is -2.40. The maximum Gasteiger partial charge on any atom is 0.309 e. The van der Waals surface area contributed by atoms with Crippen molar-refractivity contribution in [2.45, 2.75) is 98.1 Å². The smallest absolute Gasteiger partial charge is 0.309 e. The molecule has 33 heavy (non-hydrogen) atoms. The van der Waals surface area contributed by atoms with E-state index in [2.05, 4.69) is 11.1 Å². The van der Waals surface area contributed by atoms with Crippen molar-refractivity contribution in [3.8, 4) is 0 Å². The molecule has 1 aliphatic rings. The van der Waals surface area contributed by atoms with E-state index >= 15 is 0 Å². The van der Waals surface area contributed by atoms with Crippen LogP contribution < -0.4 is 0 Å². The maximum absolute atomic E-state index is 12.8. The highest BCUT2D eigenvalue weighted by Gasteiger charge is 2.42. The van der Waals surface area contributed by atoms with Gasteiger partial charge in [0.2, 0.25) is 0 Å². The van der Waals surface area contributed by atoms with Crippen LogP contribution in [0.2, 0.25) is 0 Å². The van der Waals surface area contributed by atoms with Crippen molar-refractivity contribution < 1.29 is 24.9 Å². The lowest BCUT2D eigenvalue weighted by molar-refractivity contribution is -0.155. The molecule has 0 amide bonds. The van der Waals surface area contributed by atoms with Gasteiger partial charge in [-0.15, -0.1) is 11.3 Å². The number of ether oxygens (including phenoxy) is 1. The van der Waals surface area contributed by atoms with E-state index in [-0.39, 0.29) is 12.3 Å². The van der Waals surface area contributed by atoms with Crippen LogP contribution in [-0.2, 0) is 9.53 Å². The van der Waals surface area contributed by atoms with Crippen molar-refractivity contribution in [2.24, 2.45) is 17.3 Å². The Morgan fingerprint density at radius 3 is 2.58 bits per heavy atom. The van der Waals surface area contributed by atoms with Gasteiger partial charge in [0.1, 0.15) is 6.10 Å². The predicted molar refractivity (Wildman–Crippen MR) is 133 cm³/mol. The highest BCUT2D eigenvalue weighted by atomic mass is 32.1. The summed E-state index contributed by atoms with van der Waals surface area (Å²) in [4.78, 5) is 17.2. The van der Waals surface area contributed by atoms with Crippen molar-refractivity contribution in [1.29, 1.82) is 0 Å². The van der Waals surface area contributed by atoms with Crippen LogP contribution in [0.5, 0.6) is 0 Å². The molecule has 0 bridgehead atoms. The minimum Gasteiger partial charge on any atom is -0.457 e. The van der Waals surface area contributed by atoms with Gasteiger partial charge in [0.05, 0.1) is 35.4 Å². The van der Waals surface area contributed by atoms with Gasteiger partial charge in [0.15, 0.2) is 0 Å². The van der Waals surface area contributed by atoms with Gasteiger partial charge in [-0.1, -0.05) is 39.8 Å². The van der Waals surface area contributed by atoms with Gasteiger partial charge in [-0.05, 0) is 50.7 Å². The molecule has 0 aliphatic carbocycles. The van der Waals surface area contributed by atoms with Gasteiger partial charge in [0, 0.05) is 23.1 Å². The van der Waals surface area contributed by atoms with Crippen LogP contribution in [0.25, 0.3) is 6.08 Å². The van der Waals surface area contributed by atoms with Gasteiger partial charge in [-0.2, -0.15) is 0 Å². The van der Waals surface area contributed by atoms with Crippen LogP contribution in [0.1, 0.15) is 77.4 Å². The number of thiazole rings is 1. The first kappa shape index (κ1) is 27.7. The Labute approximate surface area is 202 Å². The molecule has 1 aliphatic heterocycles. The average Bonchev–Trinajstić information content (AvgIpc) is 3.16. The second-order valence-corrected chi connectivity index (χ2v) is 11.2. The van der Waals surface area contributed by atoms with Crippen LogP contribution in [-0.4, -0.2) is 50.7 Å². The van der Waals surface area contributed by atoms with Crippen molar-refractivity contribution in [2.75, 3.05) is 0 Å². The summed E-state index contributed by atoms with van der Waals surface area (Å²) < 4.78 is 5.78. The SMILES string of the molecule is C/C(=C\c1csc(C)n1)[C@@H]1C/C=C\CCC[C@H](C)[C@H](O)[C@@H](C)[C@@H](O)C(C)(C)[C@@H](O)CC(=O)O1. The zero-order chi connectivity index (χ0) is 24.8. The third-order valence-electron chi connectivity index (χ3n) is 6.94. The van der Waals surface area contributed by atoms with Crippen LogP contribution in [0.15, 0.2) is 23.1 Å². The Morgan fingerprint density at radius 1 is 1.24 bits per heavy atom. The van der Waals surface area contributed by atoms with Crippen LogP contribution in [0.4, 0.5) is 0 Å². The fraction of sp³-hybridized carbons (Fsp3) is 0.692. The molecular formula is C26H41NO5S. The molecule has 2 rings (SSSR count). The number of allylic oxidation sites excluding steroid dienone is 1. The lowest BCUT2D eigenvalue weighted by atomic mass is 9.71. The molecule has 0 radical (unpaired) electrons. The molecule has 7 heteroatoms. The number of aliphatic hydroxyl groups is 3. The highest BCUT2D eigenvalue weighted by Crippen LogP contribution is 2.35. The maximum atomic E-state index is 12.8. The predicted octanol–water partition coefficient (Wildman–Crippen LogP) is 4.67. The Kier molecular flexibility index (Phi) is 10.3. The van der Waals surface area contributed by atoms with Gasteiger partial charge in [-0.25, -0.2) is 4.98 Å². The van der Waals surface area contributed by atoms with Crippen LogP contribution in [0.3, 0.4) is 0 Å². The first-order valence-electron chi connectivity index (χ1n) is 11.9. The van der Waals surface area contributed by atoms with Gasteiger partial charge >= 0.3 is 5.97 Å². The summed E-state index contributed by atoms with van der Waals surface area (Å²) in [6.45, 7) is 11.1. The molecular weight excluding hydrogens is 438 g/mol. The fourth-order valence-electron chi connectivity index (χ4n) is 4.37. The summed E-state index contributed by atoms with van der Waals surface area (Å²) >= 11 is 1.57. The van der Waals surface area contributed by atoms with E-state index in [1.54, 1.807) is 32.1 Å². The Balaban J connectivity index is 2.26. The molecule has 1 aromatic heterocycles.